The van der Waals surface area contributed by atoms with Crippen molar-refractivity contribution < 1.29 is 9.15 Å². The van der Waals surface area contributed by atoms with Gasteiger partial charge in [0.1, 0.15) is 0 Å². The Morgan fingerprint density at radius 1 is 1.26 bits per heavy atom. The van der Waals surface area contributed by atoms with E-state index >= 15 is 0 Å². The summed E-state index contributed by atoms with van der Waals surface area (Å²) in [6.45, 7) is 12.9. The molecule has 2 aliphatic carbocycles. The predicted molar refractivity (Wildman–Crippen MR) is 110 cm³/mol. The minimum atomic E-state index is 0.168. The van der Waals surface area contributed by atoms with Gasteiger partial charge in [-0.05, 0) is 85.7 Å². The zero-order valence-corrected chi connectivity index (χ0v) is 17.4. The van der Waals surface area contributed by atoms with Crippen molar-refractivity contribution in [3.8, 4) is 0 Å². The summed E-state index contributed by atoms with van der Waals surface area (Å²) in [7, 11) is 0. The number of furan rings is 1. The van der Waals surface area contributed by atoms with E-state index in [1.807, 2.05) is 12.3 Å². The first kappa shape index (κ1) is 19.1. The molecule has 2 heteroatoms. The minimum absolute atomic E-state index is 0.168. The van der Waals surface area contributed by atoms with Gasteiger partial charge in [0, 0.05) is 5.56 Å². The van der Waals surface area contributed by atoms with Crippen molar-refractivity contribution in [3.63, 3.8) is 0 Å². The van der Waals surface area contributed by atoms with E-state index in [0.29, 0.717) is 10.8 Å². The number of allylic oxidation sites excluding steroid dienone is 1. The van der Waals surface area contributed by atoms with Gasteiger partial charge in [-0.25, -0.2) is 0 Å². The molecule has 0 saturated heterocycles. The lowest BCUT2D eigenvalue weighted by Crippen LogP contribution is -2.50. The Hall–Kier alpha value is -1.28. The molecule has 0 unspecified atom stereocenters. The Labute approximate surface area is 165 Å². The Morgan fingerprint density at radius 2 is 2.11 bits per heavy atom. The average molecular weight is 369 g/mol. The maximum Gasteiger partial charge on any atom is 0.0960 e. The average Bonchev–Trinajstić information content (AvgIpc) is 3.21. The number of ether oxygens (including phenoxy) is 1. The molecule has 0 N–H and O–H groups in total. The van der Waals surface area contributed by atoms with Gasteiger partial charge in [0.05, 0.1) is 25.2 Å². The third kappa shape index (κ3) is 3.35. The van der Waals surface area contributed by atoms with E-state index in [1.54, 1.807) is 6.26 Å². The summed E-state index contributed by atoms with van der Waals surface area (Å²) in [5, 5.41) is 0. The third-order valence-corrected chi connectivity index (χ3v) is 8.56. The molecule has 1 aromatic rings. The summed E-state index contributed by atoms with van der Waals surface area (Å²) in [4.78, 5) is 0. The first-order chi connectivity index (χ1) is 12.9. The van der Waals surface area contributed by atoms with Gasteiger partial charge in [-0.3, -0.25) is 0 Å². The van der Waals surface area contributed by atoms with E-state index in [-0.39, 0.29) is 6.10 Å². The van der Waals surface area contributed by atoms with Crippen molar-refractivity contribution in [2.45, 2.75) is 78.2 Å². The highest BCUT2D eigenvalue weighted by molar-refractivity contribution is 5.20. The molecule has 4 rings (SSSR count). The fraction of sp³-hybridized carbons (Fsp3) is 0.680. The van der Waals surface area contributed by atoms with Crippen LogP contribution in [0.15, 0.2) is 46.8 Å². The van der Waals surface area contributed by atoms with Crippen molar-refractivity contribution in [2.24, 2.45) is 22.7 Å². The summed E-state index contributed by atoms with van der Waals surface area (Å²) in [6, 6.07) is 2.02. The SMILES string of the molecule is C=C1CCC[C@@H]2[C@@](C)(CCC3=CC[C@@H](c4ccoc4)OC3)[C@@H](C)CC[C@@]12C. The lowest BCUT2D eigenvalue weighted by molar-refractivity contribution is -0.0551. The second-order valence-corrected chi connectivity index (χ2v) is 9.87. The van der Waals surface area contributed by atoms with Crippen molar-refractivity contribution in [2.75, 3.05) is 6.61 Å². The molecule has 2 fully saturated rings. The normalized spacial score (nSPS) is 39.7. The molecule has 0 aromatic carbocycles. The number of rotatable bonds is 4. The number of fused-ring (bicyclic) bond motifs is 1. The second kappa shape index (κ2) is 7.28. The molecule has 0 spiro atoms. The third-order valence-electron chi connectivity index (χ3n) is 8.56. The fourth-order valence-corrected chi connectivity index (χ4v) is 6.29. The molecule has 0 bridgehead atoms. The van der Waals surface area contributed by atoms with Crippen LogP contribution in [0.1, 0.15) is 83.8 Å². The second-order valence-electron chi connectivity index (χ2n) is 9.87. The molecule has 2 heterocycles. The Kier molecular flexibility index (Phi) is 5.14. The van der Waals surface area contributed by atoms with E-state index in [4.69, 9.17) is 9.15 Å². The number of hydrogen-bond acceptors (Lipinski definition) is 2. The van der Waals surface area contributed by atoms with Gasteiger partial charge in [0.25, 0.3) is 0 Å². The molecule has 1 aliphatic heterocycles. The summed E-state index contributed by atoms with van der Waals surface area (Å²) in [5.41, 5.74) is 4.96. The predicted octanol–water partition coefficient (Wildman–Crippen LogP) is 7.25. The Morgan fingerprint density at radius 3 is 2.81 bits per heavy atom. The molecule has 0 radical (unpaired) electrons. The standard InChI is InChI=1S/C25H36O2/c1-18-6-5-7-23-24(18,3)13-10-19(2)25(23,4)14-11-20-8-9-22(27-16-20)21-12-15-26-17-21/h8,12,15,17,19,22-23H,1,5-7,9-11,13-14,16H2,2-4H3/t19-,22-,23-,24-,25-/m0/s1. The van der Waals surface area contributed by atoms with Gasteiger partial charge < -0.3 is 9.15 Å². The van der Waals surface area contributed by atoms with E-state index in [9.17, 15) is 0 Å². The van der Waals surface area contributed by atoms with Crippen LogP contribution in [0.3, 0.4) is 0 Å². The van der Waals surface area contributed by atoms with Gasteiger partial charge in [-0.1, -0.05) is 39.0 Å². The molecule has 2 nitrogen and oxygen atoms in total. The van der Waals surface area contributed by atoms with E-state index in [1.165, 1.54) is 56.1 Å². The van der Waals surface area contributed by atoms with Gasteiger partial charge in [-0.15, -0.1) is 0 Å². The molecule has 0 amide bonds. The highest BCUT2D eigenvalue weighted by atomic mass is 16.5. The van der Waals surface area contributed by atoms with Crippen LogP contribution in [0.5, 0.6) is 0 Å². The van der Waals surface area contributed by atoms with Gasteiger partial charge >= 0.3 is 0 Å². The van der Waals surface area contributed by atoms with Crippen LogP contribution < -0.4 is 0 Å². The molecule has 5 atom stereocenters. The van der Waals surface area contributed by atoms with Crippen LogP contribution in [0, 0.1) is 22.7 Å². The molecule has 3 aliphatic rings. The topological polar surface area (TPSA) is 22.4 Å². The first-order valence-electron chi connectivity index (χ1n) is 10.9. The van der Waals surface area contributed by atoms with Crippen LogP contribution in [-0.4, -0.2) is 6.61 Å². The summed E-state index contributed by atoms with van der Waals surface area (Å²) < 4.78 is 11.3. The fourth-order valence-electron chi connectivity index (χ4n) is 6.29. The largest absolute Gasteiger partial charge is 0.472 e. The van der Waals surface area contributed by atoms with E-state index in [0.717, 1.165) is 30.4 Å². The molecule has 148 valence electrons. The van der Waals surface area contributed by atoms with Gasteiger partial charge in [-0.2, -0.15) is 0 Å². The summed E-state index contributed by atoms with van der Waals surface area (Å²) in [6.07, 6.45) is 16.2. The lowest BCUT2D eigenvalue weighted by Gasteiger charge is -2.59. The molecule has 1 aromatic heterocycles. The highest BCUT2D eigenvalue weighted by Crippen LogP contribution is 2.62. The molecular formula is C25H36O2. The van der Waals surface area contributed by atoms with Crippen molar-refractivity contribution in [3.05, 3.63) is 48.0 Å². The smallest absolute Gasteiger partial charge is 0.0960 e. The zero-order valence-electron chi connectivity index (χ0n) is 17.4. The molecule has 2 saturated carbocycles. The van der Waals surface area contributed by atoms with Crippen LogP contribution in [0.4, 0.5) is 0 Å². The highest BCUT2D eigenvalue weighted by Gasteiger charge is 2.53. The minimum Gasteiger partial charge on any atom is -0.472 e. The number of hydrogen-bond donors (Lipinski definition) is 0. The van der Waals surface area contributed by atoms with Crippen LogP contribution >= 0.6 is 0 Å². The quantitative estimate of drug-likeness (QED) is 0.522. The van der Waals surface area contributed by atoms with Crippen LogP contribution in [0.2, 0.25) is 0 Å². The molecular weight excluding hydrogens is 332 g/mol. The summed E-state index contributed by atoms with van der Waals surface area (Å²) >= 11 is 0. The van der Waals surface area contributed by atoms with Gasteiger partial charge in [0.2, 0.25) is 0 Å². The maximum atomic E-state index is 6.14. The monoisotopic (exact) mass is 368 g/mol. The Bertz CT molecular complexity index is 700. The van der Waals surface area contributed by atoms with Gasteiger partial charge in [0.15, 0.2) is 0 Å². The summed E-state index contributed by atoms with van der Waals surface area (Å²) in [5.74, 6) is 1.59. The van der Waals surface area contributed by atoms with Crippen LogP contribution in [-0.2, 0) is 4.74 Å². The molecule has 27 heavy (non-hydrogen) atoms. The first-order valence-corrected chi connectivity index (χ1v) is 10.9. The lowest BCUT2D eigenvalue weighted by atomic mass is 9.46. The van der Waals surface area contributed by atoms with E-state index in [2.05, 4.69) is 33.4 Å². The Balaban J connectivity index is 1.44. The van der Waals surface area contributed by atoms with Crippen molar-refractivity contribution in [1.82, 2.24) is 0 Å². The van der Waals surface area contributed by atoms with Crippen LogP contribution in [0.25, 0.3) is 0 Å². The van der Waals surface area contributed by atoms with E-state index < -0.39 is 0 Å². The maximum absolute atomic E-state index is 6.14. The zero-order chi connectivity index (χ0) is 19.1. The van der Waals surface area contributed by atoms with Crippen molar-refractivity contribution >= 4 is 0 Å². The van der Waals surface area contributed by atoms with Crippen molar-refractivity contribution in [1.29, 1.82) is 0 Å².